The first-order valence-corrected chi connectivity index (χ1v) is 8.90. The molecule has 154 valence electrons. The van der Waals surface area contributed by atoms with Gasteiger partial charge in [-0.05, 0) is 44.8 Å². The molecule has 5 nitrogen and oxygen atoms in total. The number of likely N-dealkylation sites (N-methyl/N-ethyl adjacent to an activating group) is 1. The van der Waals surface area contributed by atoms with E-state index in [1.165, 1.54) is 6.20 Å². The van der Waals surface area contributed by atoms with Crippen LogP contribution in [0.25, 0.3) is 0 Å². The smallest absolute Gasteiger partial charge is 0.416 e. The first-order chi connectivity index (χ1) is 12.3. The van der Waals surface area contributed by atoms with Crippen LogP contribution in [-0.4, -0.2) is 42.7 Å². The second-order valence-corrected chi connectivity index (χ2v) is 8.04. The summed E-state index contributed by atoms with van der Waals surface area (Å²) in [6.45, 7) is 7.82. The van der Waals surface area contributed by atoms with E-state index in [-0.39, 0.29) is 30.4 Å². The van der Waals surface area contributed by atoms with Crippen LogP contribution in [0.4, 0.5) is 13.2 Å². The summed E-state index contributed by atoms with van der Waals surface area (Å²) >= 11 is 0. The average Bonchev–Trinajstić information content (AvgIpc) is 2.49. The number of carbonyl (C=O) groups is 1. The van der Waals surface area contributed by atoms with Crippen molar-refractivity contribution in [1.82, 2.24) is 9.47 Å². The molecule has 0 amide bonds. The Hall–Kier alpha value is -1.83. The molecule has 0 bridgehead atoms. The summed E-state index contributed by atoms with van der Waals surface area (Å²) in [6.07, 6.45) is -3.09. The summed E-state index contributed by atoms with van der Waals surface area (Å²) < 4.78 is 46.3. The van der Waals surface area contributed by atoms with Crippen molar-refractivity contribution in [3.05, 3.63) is 33.7 Å². The third kappa shape index (κ3) is 7.01. The Morgan fingerprint density at radius 3 is 2.30 bits per heavy atom. The first kappa shape index (κ1) is 23.2. The third-order valence-electron chi connectivity index (χ3n) is 4.00. The van der Waals surface area contributed by atoms with Crippen molar-refractivity contribution < 1.29 is 22.7 Å². The zero-order chi connectivity index (χ0) is 21.0. The number of halogens is 3. The molecule has 0 aliphatic carbocycles. The van der Waals surface area contributed by atoms with Crippen LogP contribution in [0.1, 0.15) is 51.3 Å². The molecular weight excluding hydrogens is 361 g/mol. The molecule has 0 saturated heterocycles. The lowest BCUT2D eigenvalue weighted by atomic mass is 9.87. The minimum Gasteiger partial charge on any atom is -0.464 e. The Morgan fingerprint density at radius 1 is 1.26 bits per heavy atom. The normalized spacial score (nSPS) is 13.7. The van der Waals surface area contributed by atoms with E-state index in [9.17, 15) is 22.8 Å². The monoisotopic (exact) mass is 390 g/mol. The lowest BCUT2D eigenvalue weighted by molar-refractivity contribution is -0.148. The van der Waals surface area contributed by atoms with Gasteiger partial charge in [0.2, 0.25) is 0 Å². The van der Waals surface area contributed by atoms with Gasteiger partial charge in [0.1, 0.15) is 6.04 Å². The minimum atomic E-state index is -4.64. The maximum absolute atomic E-state index is 13.4. The number of rotatable bonds is 7. The number of carbonyl (C=O) groups excluding carboxylic acids is 1. The van der Waals surface area contributed by atoms with E-state index in [0.717, 1.165) is 4.57 Å². The van der Waals surface area contributed by atoms with E-state index in [4.69, 9.17) is 4.74 Å². The van der Waals surface area contributed by atoms with Gasteiger partial charge in [-0.25, -0.2) is 4.79 Å². The van der Waals surface area contributed by atoms with Crippen molar-refractivity contribution in [1.29, 1.82) is 0 Å². The molecule has 1 heterocycles. The van der Waals surface area contributed by atoms with Gasteiger partial charge in [-0.3, -0.25) is 4.79 Å². The van der Waals surface area contributed by atoms with Crippen molar-refractivity contribution in [2.75, 3.05) is 27.2 Å². The average molecular weight is 390 g/mol. The van der Waals surface area contributed by atoms with Gasteiger partial charge in [-0.2, -0.15) is 13.2 Å². The molecule has 1 rings (SSSR count). The Labute approximate surface area is 158 Å². The lowest BCUT2D eigenvalue weighted by Crippen LogP contribution is -2.35. The number of pyridine rings is 1. The molecule has 0 radical (unpaired) electrons. The van der Waals surface area contributed by atoms with Crippen LogP contribution in [0.5, 0.6) is 0 Å². The maximum atomic E-state index is 13.4. The molecule has 0 aliphatic rings. The van der Waals surface area contributed by atoms with Gasteiger partial charge in [0.05, 0.1) is 12.2 Å². The van der Waals surface area contributed by atoms with E-state index >= 15 is 0 Å². The van der Waals surface area contributed by atoms with Gasteiger partial charge in [-0.1, -0.05) is 20.8 Å². The van der Waals surface area contributed by atoms with E-state index in [0.29, 0.717) is 12.6 Å². The van der Waals surface area contributed by atoms with E-state index < -0.39 is 29.3 Å². The van der Waals surface area contributed by atoms with Crippen LogP contribution in [0.3, 0.4) is 0 Å². The number of alkyl halides is 3. The molecule has 0 spiro atoms. The fourth-order valence-corrected chi connectivity index (χ4v) is 2.76. The summed E-state index contributed by atoms with van der Waals surface area (Å²) in [5.74, 6) is -0.618. The standard InChI is InChI=1S/C19H29F3N2O3/c1-7-27-17(26)15(11-18(2,3)4)24-12-13(8-9-23(5)6)14(10-16(24)25)19(20,21)22/h10,12,15H,7-9,11H2,1-6H3. The highest BCUT2D eigenvalue weighted by Crippen LogP contribution is 2.33. The predicted molar refractivity (Wildman–Crippen MR) is 97.7 cm³/mol. The van der Waals surface area contributed by atoms with Crippen molar-refractivity contribution in [3.8, 4) is 0 Å². The molecule has 1 aromatic rings. The summed E-state index contributed by atoms with van der Waals surface area (Å²) in [5, 5.41) is 0. The Morgan fingerprint density at radius 2 is 1.85 bits per heavy atom. The molecular formula is C19H29F3N2O3. The molecule has 0 saturated carbocycles. The zero-order valence-electron chi connectivity index (χ0n) is 16.8. The number of nitrogens with zero attached hydrogens (tertiary/aromatic N) is 2. The molecule has 0 fully saturated rings. The van der Waals surface area contributed by atoms with Crippen molar-refractivity contribution in [3.63, 3.8) is 0 Å². The fraction of sp³-hybridized carbons (Fsp3) is 0.684. The maximum Gasteiger partial charge on any atom is 0.416 e. The summed E-state index contributed by atoms with van der Waals surface area (Å²) in [5.41, 5.74) is -2.16. The van der Waals surface area contributed by atoms with E-state index in [2.05, 4.69) is 0 Å². The predicted octanol–water partition coefficient (Wildman–Crippen LogP) is 3.51. The summed E-state index contributed by atoms with van der Waals surface area (Å²) in [4.78, 5) is 26.6. The van der Waals surface area contributed by atoms with Crippen molar-refractivity contribution in [2.24, 2.45) is 5.41 Å². The third-order valence-corrected chi connectivity index (χ3v) is 4.00. The van der Waals surface area contributed by atoms with Gasteiger partial charge >= 0.3 is 12.1 Å². The second-order valence-electron chi connectivity index (χ2n) is 8.04. The van der Waals surface area contributed by atoms with Crippen LogP contribution in [0, 0.1) is 5.41 Å². The number of esters is 1. The molecule has 27 heavy (non-hydrogen) atoms. The molecule has 0 aromatic carbocycles. The van der Waals surface area contributed by atoms with Gasteiger partial charge in [0.15, 0.2) is 0 Å². The van der Waals surface area contributed by atoms with Crippen molar-refractivity contribution >= 4 is 5.97 Å². The zero-order valence-corrected chi connectivity index (χ0v) is 16.8. The van der Waals surface area contributed by atoms with E-state index in [1.54, 1.807) is 25.9 Å². The highest BCUT2D eigenvalue weighted by Gasteiger charge is 2.36. The SMILES string of the molecule is CCOC(=O)C(CC(C)(C)C)n1cc(CCN(C)C)c(C(F)(F)F)cc1=O. The van der Waals surface area contributed by atoms with Gasteiger partial charge in [0, 0.05) is 18.8 Å². The van der Waals surface area contributed by atoms with Crippen LogP contribution in [0.15, 0.2) is 17.1 Å². The molecule has 1 atom stereocenters. The summed E-state index contributed by atoms with van der Waals surface area (Å²) in [6, 6.07) is -0.391. The molecule has 0 N–H and O–H groups in total. The fourth-order valence-electron chi connectivity index (χ4n) is 2.76. The van der Waals surface area contributed by atoms with Gasteiger partial charge in [-0.15, -0.1) is 0 Å². The Bertz CT molecular complexity index is 704. The lowest BCUT2D eigenvalue weighted by Gasteiger charge is -2.27. The van der Waals surface area contributed by atoms with E-state index in [1.807, 2.05) is 20.8 Å². The Balaban J connectivity index is 3.51. The van der Waals surface area contributed by atoms with Crippen molar-refractivity contribution in [2.45, 2.75) is 52.8 Å². The molecule has 8 heteroatoms. The largest absolute Gasteiger partial charge is 0.464 e. The molecule has 1 unspecified atom stereocenters. The number of hydrogen-bond acceptors (Lipinski definition) is 4. The molecule has 1 aromatic heterocycles. The highest BCUT2D eigenvalue weighted by atomic mass is 19.4. The number of hydrogen-bond donors (Lipinski definition) is 0. The van der Waals surface area contributed by atoms with Crippen LogP contribution in [0.2, 0.25) is 0 Å². The highest BCUT2D eigenvalue weighted by molar-refractivity contribution is 5.74. The van der Waals surface area contributed by atoms with Crippen LogP contribution >= 0.6 is 0 Å². The minimum absolute atomic E-state index is 0.0148. The summed E-state index contributed by atoms with van der Waals surface area (Å²) in [7, 11) is 3.51. The number of aromatic nitrogens is 1. The second kappa shape index (κ2) is 8.91. The Kier molecular flexibility index (Phi) is 7.66. The molecule has 0 aliphatic heterocycles. The van der Waals surface area contributed by atoms with Gasteiger partial charge < -0.3 is 14.2 Å². The quantitative estimate of drug-likeness (QED) is 0.669. The number of ether oxygens (including phenoxy) is 1. The van der Waals surface area contributed by atoms with Crippen LogP contribution in [-0.2, 0) is 22.1 Å². The first-order valence-electron chi connectivity index (χ1n) is 8.90. The van der Waals surface area contributed by atoms with Crippen LogP contribution < -0.4 is 5.56 Å². The van der Waals surface area contributed by atoms with Gasteiger partial charge in [0.25, 0.3) is 5.56 Å². The topological polar surface area (TPSA) is 51.5 Å².